The standard InChI is InChI=1S/C23H27N3O2/c1-17-10-12-19(13-11-17)28-16-6-15-26-21-8-4-3-7-20(21)24-23(26)22-9-5-14-25(22)18(2)27/h3-4,7-8,10-13,22H,5-6,9,14-16H2,1-2H3/t22-/m0/s1. The van der Waals surface area contributed by atoms with Gasteiger partial charge in [0.05, 0.1) is 23.7 Å². The van der Waals surface area contributed by atoms with Crippen LogP contribution < -0.4 is 4.74 Å². The van der Waals surface area contributed by atoms with Crippen molar-refractivity contribution in [1.82, 2.24) is 14.5 Å². The van der Waals surface area contributed by atoms with Gasteiger partial charge < -0.3 is 14.2 Å². The molecule has 0 N–H and O–H groups in total. The molecule has 1 aliphatic rings. The number of nitrogens with zero attached hydrogens (tertiary/aromatic N) is 3. The van der Waals surface area contributed by atoms with Crippen LogP contribution in [0.3, 0.4) is 0 Å². The highest BCUT2D eigenvalue weighted by atomic mass is 16.5. The van der Waals surface area contributed by atoms with E-state index >= 15 is 0 Å². The van der Waals surface area contributed by atoms with E-state index in [1.54, 1.807) is 6.92 Å². The van der Waals surface area contributed by atoms with Crippen LogP contribution in [-0.2, 0) is 11.3 Å². The lowest BCUT2D eigenvalue weighted by atomic mass is 10.2. The van der Waals surface area contributed by atoms with Crippen LogP contribution in [0.5, 0.6) is 5.75 Å². The number of hydrogen-bond donors (Lipinski definition) is 0. The first-order valence-corrected chi connectivity index (χ1v) is 10.1. The second-order valence-electron chi connectivity index (χ2n) is 7.50. The van der Waals surface area contributed by atoms with Crippen LogP contribution in [0.15, 0.2) is 48.5 Å². The van der Waals surface area contributed by atoms with Gasteiger partial charge in [-0.15, -0.1) is 0 Å². The second-order valence-corrected chi connectivity index (χ2v) is 7.50. The number of imidazole rings is 1. The summed E-state index contributed by atoms with van der Waals surface area (Å²) in [5.74, 6) is 2.04. The van der Waals surface area contributed by atoms with Gasteiger partial charge in [-0.05, 0) is 50.5 Å². The average Bonchev–Trinajstić information content (AvgIpc) is 3.31. The Morgan fingerprint density at radius 1 is 1.18 bits per heavy atom. The number of ether oxygens (including phenoxy) is 1. The Balaban J connectivity index is 1.52. The van der Waals surface area contributed by atoms with Gasteiger partial charge >= 0.3 is 0 Å². The molecule has 1 saturated heterocycles. The first kappa shape index (κ1) is 18.5. The third-order valence-corrected chi connectivity index (χ3v) is 5.46. The van der Waals surface area contributed by atoms with Gasteiger partial charge in [0.1, 0.15) is 11.6 Å². The number of carbonyl (C=O) groups is 1. The Morgan fingerprint density at radius 3 is 2.75 bits per heavy atom. The van der Waals surface area contributed by atoms with E-state index in [1.807, 2.05) is 35.2 Å². The van der Waals surface area contributed by atoms with Crippen molar-refractivity contribution >= 4 is 16.9 Å². The fraction of sp³-hybridized carbons (Fsp3) is 0.391. The summed E-state index contributed by atoms with van der Waals surface area (Å²) < 4.78 is 8.18. The van der Waals surface area contributed by atoms with E-state index in [0.717, 1.165) is 55.0 Å². The average molecular weight is 377 g/mol. The van der Waals surface area contributed by atoms with E-state index in [1.165, 1.54) is 5.56 Å². The number of amides is 1. The summed E-state index contributed by atoms with van der Waals surface area (Å²) in [7, 11) is 0. The van der Waals surface area contributed by atoms with E-state index < -0.39 is 0 Å². The molecule has 146 valence electrons. The summed E-state index contributed by atoms with van der Waals surface area (Å²) in [5, 5.41) is 0. The van der Waals surface area contributed by atoms with Crippen LogP contribution in [0.4, 0.5) is 0 Å². The summed E-state index contributed by atoms with van der Waals surface area (Å²) >= 11 is 0. The van der Waals surface area contributed by atoms with Gasteiger partial charge in [-0.2, -0.15) is 0 Å². The van der Waals surface area contributed by atoms with Crippen LogP contribution in [0, 0.1) is 6.92 Å². The number of carbonyl (C=O) groups excluding carboxylic acids is 1. The Hall–Kier alpha value is -2.82. The van der Waals surface area contributed by atoms with Crippen LogP contribution >= 0.6 is 0 Å². The first-order valence-electron chi connectivity index (χ1n) is 10.1. The molecule has 28 heavy (non-hydrogen) atoms. The zero-order valence-corrected chi connectivity index (χ0v) is 16.6. The Morgan fingerprint density at radius 2 is 1.96 bits per heavy atom. The SMILES string of the molecule is CC(=O)N1CCC[C@H]1c1nc2ccccc2n1CCCOc1ccc(C)cc1. The molecule has 0 radical (unpaired) electrons. The van der Waals surface area contributed by atoms with E-state index in [2.05, 4.69) is 29.7 Å². The van der Waals surface area contributed by atoms with Crippen LogP contribution in [-0.4, -0.2) is 33.5 Å². The lowest BCUT2D eigenvalue weighted by molar-refractivity contribution is -0.129. The van der Waals surface area contributed by atoms with E-state index in [9.17, 15) is 4.79 Å². The monoisotopic (exact) mass is 377 g/mol. The van der Waals surface area contributed by atoms with E-state index in [0.29, 0.717) is 6.61 Å². The summed E-state index contributed by atoms with van der Waals surface area (Å²) in [4.78, 5) is 18.9. The molecule has 1 amide bonds. The molecule has 0 bridgehead atoms. The Bertz CT molecular complexity index is 962. The Kier molecular flexibility index (Phi) is 5.33. The quantitative estimate of drug-likeness (QED) is 0.594. The normalized spacial score (nSPS) is 16.6. The van der Waals surface area contributed by atoms with Crippen LogP contribution in [0.25, 0.3) is 11.0 Å². The highest BCUT2D eigenvalue weighted by molar-refractivity contribution is 5.77. The lowest BCUT2D eigenvalue weighted by Gasteiger charge is -2.24. The van der Waals surface area contributed by atoms with Crippen molar-refractivity contribution in [3.05, 3.63) is 59.9 Å². The molecule has 0 spiro atoms. The molecule has 2 heterocycles. The predicted molar refractivity (Wildman–Crippen MR) is 110 cm³/mol. The predicted octanol–water partition coefficient (Wildman–Crippen LogP) is 4.50. The number of fused-ring (bicyclic) bond motifs is 1. The zero-order valence-electron chi connectivity index (χ0n) is 16.6. The van der Waals surface area contributed by atoms with Crippen molar-refractivity contribution < 1.29 is 9.53 Å². The molecule has 1 aromatic heterocycles. The highest BCUT2D eigenvalue weighted by Gasteiger charge is 2.31. The van der Waals surface area contributed by atoms with E-state index in [-0.39, 0.29) is 11.9 Å². The smallest absolute Gasteiger partial charge is 0.220 e. The summed E-state index contributed by atoms with van der Waals surface area (Å²) in [6, 6.07) is 16.4. The minimum atomic E-state index is 0.0721. The molecule has 3 aromatic rings. The van der Waals surface area contributed by atoms with Crippen molar-refractivity contribution in [2.24, 2.45) is 0 Å². The van der Waals surface area contributed by atoms with Gasteiger partial charge in [0.2, 0.25) is 5.91 Å². The number of hydrogen-bond acceptors (Lipinski definition) is 3. The van der Waals surface area contributed by atoms with Gasteiger partial charge in [0, 0.05) is 20.0 Å². The molecular formula is C23H27N3O2. The van der Waals surface area contributed by atoms with Gasteiger partial charge in [-0.25, -0.2) is 4.98 Å². The van der Waals surface area contributed by atoms with Crippen molar-refractivity contribution in [3.63, 3.8) is 0 Å². The van der Waals surface area contributed by atoms with Crippen molar-refractivity contribution in [3.8, 4) is 5.75 Å². The molecule has 0 aliphatic carbocycles. The van der Waals surface area contributed by atoms with Crippen LogP contribution in [0.1, 0.15) is 43.6 Å². The number of benzene rings is 2. The van der Waals surface area contributed by atoms with E-state index in [4.69, 9.17) is 9.72 Å². The third-order valence-electron chi connectivity index (χ3n) is 5.46. The molecule has 1 fully saturated rings. The first-order chi connectivity index (χ1) is 13.6. The second kappa shape index (κ2) is 8.05. The number of para-hydroxylation sites is 2. The molecule has 2 aromatic carbocycles. The molecule has 0 saturated carbocycles. The minimum Gasteiger partial charge on any atom is -0.494 e. The maximum Gasteiger partial charge on any atom is 0.220 e. The third kappa shape index (κ3) is 3.75. The molecule has 1 atom stereocenters. The maximum absolute atomic E-state index is 12.1. The zero-order chi connectivity index (χ0) is 19.5. The maximum atomic E-state index is 12.1. The number of rotatable bonds is 6. The van der Waals surface area contributed by atoms with Gasteiger partial charge in [-0.3, -0.25) is 4.79 Å². The topological polar surface area (TPSA) is 47.4 Å². The highest BCUT2D eigenvalue weighted by Crippen LogP contribution is 2.33. The summed E-state index contributed by atoms with van der Waals surface area (Å²) in [6.45, 7) is 6.02. The number of likely N-dealkylation sites (tertiary alicyclic amines) is 1. The lowest BCUT2D eigenvalue weighted by Crippen LogP contribution is -2.30. The van der Waals surface area contributed by atoms with Gasteiger partial charge in [-0.1, -0.05) is 29.8 Å². The van der Waals surface area contributed by atoms with Gasteiger partial charge in [0.15, 0.2) is 0 Å². The Labute approximate surface area is 165 Å². The van der Waals surface area contributed by atoms with Crippen molar-refractivity contribution in [2.75, 3.05) is 13.2 Å². The molecular weight excluding hydrogens is 350 g/mol. The van der Waals surface area contributed by atoms with Gasteiger partial charge in [0.25, 0.3) is 0 Å². The molecule has 1 aliphatic heterocycles. The molecule has 5 nitrogen and oxygen atoms in total. The molecule has 0 unspecified atom stereocenters. The fourth-order valence-electron chi connectivity index (χ4n) is 4.04. The minimum absolute atomic E-state index is 0.0721. The summed E-state index contributed by atoms with van der Waals surface area (Å²) in [6.07, 6.45) is 2.89. The van der Waals surface area contributed by atoms with Crippen LogP contribution in [0.2, 0.25) is 0 Å². The fourth-order valence-corrected chi connectivity index (χ4v) is 4.04. The molecule has 5 heteroatoms. The number of aryl methyl sites for hydroxylation is 2. The number of aromatic nitrogens is 2. The van der Waals surface area contributed by atoms with Crippen molar-refractivity contribution in [2.45, 2.75) is 45.7 Å². The summed E-state index contributed by atoms with van der Waals surface area (Å²) in [5.41, 5.74) is 3.35. The molecule has 4 rings (SSSR count). The largest absolute Gasteiger partial charge is 0.494 e. The van der Waals surface area contributed by atoms with Crippen molar-refractivity contribution in [1.29, 1.82) is 0 Å².